The van der Waals surface area contributed by atoms with Gasteiger partial charge in [-0.3, -0.25) is 0 Å². The van der Waals surface area contributed by atoms with Crippen LogP contribution in [-0.4, -0.2) is 28.0 Å². The number of hydrogen-bond acceptors (Lipinski definition) is 3. The van der Waals surface area contributed by atoms with Gasteiger partial charge in [0, 0.05) is 19.3 Å². The molecule has 2 atom stereocenters. The zero-order chi connectivity index (χ0) is 13.1. The standard InChI is InChI=1S/C14H22N4/c1-5-10(3)12(6-2)18(4)14-11-7-8-15-13(11)16-9-17-14/h7-10,12H,5-6H2,1-4H3,(H,15,16,17)/t10-,12+/m1/s1. The maximum atomic E-state index is 4.46. The highest BCUT2D eigenvalue weighted by Crippen LogP contribution is 2.26. The predicted octanol–water partition coefficient (Wildman–Crippen LogP) is 3.22. The van der Waals surface area contributed by atoms with Crippen molar-refractivity contribution in [1.29, 1.82) is 0 Å². The molecular formula is C14H22N4. The van der Waals surface area contributed by atoms with Gasteiger partial charge in [0.15, 0.2) is 0 Å². The highest BCUT2D eigenvalue weighted by molar-refractivity contribution is 5.87. The lowest BCUT2D eigenvalue weighted by Crippen LogP contribution is -2.37. The number of hydrogen-bond donors (Lipinski definition) is 1. The maximum Gasteiger partial charge on any atom is 0.142 e. The van der Waals surface area contributed by atoms with E-state index in [1.165, 1.54) is 6.42 Å². The van der Waals surface area contributed by atoms with E-state index in [1.54, 1.807) is 6.33 Å². The van der Waals surface area contributed by atoms with Crippen molar-refractivity contribution in [3.8, 4) is 0 Å². The minimum atomic E-state index is 0.517. The number of aromatic amines is 1. The van der Waals surface area contributed by atoms with Crippen molar-refractivity contribution in [3.63, 3.8) is 0 Å². The normalized spacial score (nSPS) is 14.7. The highest BCUT2D eigenvalue weighted by Gasteiger charge is 2.21. The van der Waals surface area contributed by atoms with Gasteiger partial charge in [-0.15, -0.1) is 0 Å². The first-order chi connectivity index (χ1) is 8.69. The molecule has 2 rings (SSSR count). The third kappa shape index (κ3) is 2.19. The summed E-state index contributed by atoms with van der Waals surface area (Å²) in [6.45, 7) is 6.79. The molecule has 0 bridgehead atoms. The summed E-state index contributed by atoms with van der Waals surface area (Å²) >= 11 is 0. The van der Waals surface area contributed by atoms with Gasteiger partial charge in [-0.1, -0.05) is 27.2 Å². The molecule has 2 heterocycles. The summed E-state index contributed by atoms with van der Waals surface area (Å²) < 4.78 is 0. The van der Waals surface area contributed by atoms with E-state index in [9.17, 15) is 0 Å². The number of fused-ring (bicyclic) bond motifs is 1. The number of nitrogens with one attached hydrogen (secondary N) is 1. The van der Waals surface area contributed by atoms with Crippen LogP contribution >= 0.6 is 0 Å². The maximum absolute atomic E-state index is 4.46. The van der Waals surface area contributed by atoms with Crippen molar-refractivity contribution in [1.82, 2.24) is 15.0 Å². The zero-order valence-electron chi connectivity index (χ0n) is 11.6. The van der Waals surface area contributed by atoms with Gasteiger partial charge in [-0.25, -0.2) is 9.97 Å². The largest absolute Gasteiger partial charge is 0.356 e. The molecule has 0 radical (unpaired) electrons. The van der Waals surface area contributed by atoms with Crippen LogP contribution in [0.4, 0.5) is 5.82 Å². The quantitative estimate of drug-likeness (QED) is 0.881. The van der Waals surface area contributed by atoms with Crippen molar-refractivity contribution < 1.29 is 0 Å². The van der Waals surface area contributed by atoms with E-state index in [1.807, 2.05) is 12.3 Å². The summed E-state index contributed by atoms with van der Waals surface area (Å²) in [5.41, 5.74) is 0.908. The number of H-pyrrole nitrogens is 1. The van der Waals surface area contributed by atoms with E-state index in [4.69, 9.17) is 0 Å². The minimum Gasteiger partial charge on any atom is -0.356 e. The van der Waals surface area contributed by atoms with E-state index in [2.05, 4.69) is 47.7 Å². The first-order valence-electron chi connectivity index (χ1n) is 6.69. The molecule has 0 saturated heterocycles. The molecule has 2 aromatic rings. The Morgan fingerprint density at radius 3 is 2.72 bits per heavy atom. The van der Waals surface area contributed by atoms with E-state index in [0.717, 1.165) is 23.3 Å². The van der Waals surface area contributed by atoms with Crippen LogP contribution in [0.3, 0.4) is 0 Å². The van der Waals surface area contributed by atoms with Gasteiger partial charge >= 0.3 is 0 Å². The SMILES string of the molecule is CC[C@@H](C)[C@H](CC)N(C)c1ncnc2[nH]ccc12. The summed E-state index contributed by atoms with van der Waals surface area (Å²) in [6.07, 6.45) is 5.86. The highest BCUT2D eigenvalue weighted by atomic mass is 15.2. The van der Waals surface area contributed by atoms with Gasteiger partial charge in [0.2, 0.25) is 0 Å². The van der Waals surface area contributed by atoms with E-state index in [-0.39, 0.29) is 0 Å². The Bertz CT molecular complexity index is 505. The molecular weight excluding hydrogens is 224 g/mol. The van der Waals surface area contributed by atoms with Gasteiger partial charge in [0.25, 0.3) is 0 Å². The van der Waals surface area contributed by atoms with Crippen LogP contribution in [0.25, 0.3) is 11.0 Å². The Hall–Kier alpha value is -1.58. The zero-order valence-corrected chi connectivity index (χ0v) is 11.6. The van der Waals surface area contributed by atoms with E-state index in [0.29, 0.717) is 12.0 Å². The van der Waals surface area contributed by atoms with Gasteiger partial charge < -0.3 is 9.88 Å². The Labute approximate surface area is 108 Å². The lowest BCUT2D eigenvalue weighted by molar-refractivity contribution is 0.415. The molecule has 0 fully saturated rings. The molecule has 4 heteroatoms. The van der Waals surface area contributed by atoms with Gasteiger partial charge in [0.1, 0.15) is 17.8 Å². The molecule has 0 unspecified atom stereocenters. The minimum absolute atomic E-state index is 0.517. The number of anilines is 1. The Morgan fingerprint density at radius 2 is 2.06 bits per heavy atom. The second kappa shape index (κ2) is 5.38. The second-order valence-electron chi connectivity index (χ2n) is 4.91. The van der Waals surface area contributed by atoms with Crippen LogP contribution in [0.15, 0.2) is 18.6 Å². The monoisotopic (exact) mass is 246 g/mol. The molecule has 0 aromatic carbocycles. The smallest absolute Gasteiger partial charge is 0.142 e. The molecule has 2 aromatic heterocycles. The van der Waals surface area contributed by atoms with E-state index < -0.39 is 0 Å². The van der Waals surface area contributed by atoms with Crippen LogP contribution in [0.5, 0.6) is 0 Å². The average molecular weight is 246 g/mol. The number of nitrogens with zero attached hydrogens (tertiary/aromatic N) is 3. The van der Waals surface area contributed by atoms with E-state index >= 15 is 0 Å². The molecule has 0 amide bonds. The summed E-state index contributed by atoms with van der Waals surface area (Å²) in [6, 6.07) is 2.56. The summed E-state index contributed by atoms with van der Waals surface area (Å²) in [5.74, 6) is 1.68. The Kier molecular flexibility index (Phi) is 3.84. The van der Waals surface area contributed by atoms with Crippen LogP contribution in [-0.2, 0) is 0 Å². The van der Waals surface area contributed by atoms with Crippen molar-refractivity contribution in [2.24, 2.45) is 5.92 Å². The first-order valence-corrected chi connectivity index (χ1v) is 6.69. The number of aromatic nitrogens is 3. The van der Waals surface area contributed by atoms with Crippen molar-refractivity contribution >= 4 is 16.9 Å². The summed E-state index contributed by atoms with van der Waals surface area (Å²) in [7, 11) is 2.13. The van der Waals surface area contributed by atoms with Gasteiger partial charge in [-0.05, 0) is 18.4 Å². The van der Waals surface area contributed by atoms with Crippen molar-refractivity contribution in [3.05, 3.63) is 18.6 Å². The average Bonchev–Trinajstić information content (AvgIpc) is 2.87. The predicted molar refractivity (Wildman–Crippen MR) is 75.8 cm³/mol. The molecule has 0 saturated carbocycles. The molecule has 0 aliphatic rings. The Morgan fingerprint density at radius 1 is 1.28 bits per heavy atom. The van der Waals surface area contributed by atoms with Gasteiger partial charge in [-0.2, -0.15) is 0 Å². The topological polar surface area (TPSA) is 44.8 Å². The lowest BCUT2D eigenvalue weighted by atomic mass is 9.95. The van der Waals surface area contributed by atoms with Crippen LogP contribution in [0.1, 0.15) is 33.6 Å². The molecule has 18 heavy (non-hydrogen) atoms. The third-order valence-electron chi connectivity index (χ3n) is 3.88. The van der Waals surface area contributed by atoms with Crippen molar-refractivity contribution in [2.75, 3.05) is 11.9 Å². The fraction of sp³-hybridized carbons (Fsp3) is 0.571. The fourth-order valence-corrected chi connectivity index (χ4v) is 2.63. The molecule has 0 aliphatic carbocycles. The second-order valence-corrected chi connectivity index (χ2v) is 4.91. The molecule has 0 spiro atoms. The molecule has 0 aliphatic heterocycles. The van der Waals surface area contributed by atoms with Crippen LogP contribution in [0.2, 0.25) is 0 Å². The fourth-order valence-electron chi connectivity index (χ4n) is 2.63. The summed E-state index contributed by atoms with van der Waals surface area (Å²) in [4.78, 5) is 14.1. The third-order valence-corrected chi connectivity index (χ3v) is 3.88. The van der Waals surface area contributed by atoms with Gasteiger partial charge in [0.05, 0.1) is 5.39 Å². The van der Waals surface area contributed by atoms with Crippen LogP contribution < -0.4 is 4.90 Å². The molecule has 4 nitrogen and oxygen atoms in total. The van der Waals surface area contributed by atoms with Crippen LogP contribution in [0, 0.1) is 5.92 Å². The first kappa shape index (κ1) is 12.9. The lowest BCUT2D eigenvalue weighted by Gasteiger charge is -2.32. The number of rotatable bonds is 5. The molecule has 1 N–H and O–H groups in total. The summed E-state index contributed by atoms with van der Waals surface area (Å²) in [5, 5.41) is 1.10. The van der Waals surface area contributed by atoms with Crippen molar-refractivity contribution in [2.45, 2.75) is 39.7 Å². The Balaban J connectivity index is 2.37. The molecule has 98 valence electrons.